The van der Waals surface area contributed by atoms with Crippen molar-refractivity contribution < 1.29 is 19.4 Å². The van der Waals surface area contributed by atoms with E-state index in [2.05, 4.69) is 5.32 Å². The summed E-state index contributed by atoms with van der Waals surface area (Å²) >= 11 is 1.29. The Bertz CT molecular complexity index is 713. The van der Waals surface area contributed by atoms with Crippen LogP contribution in [-0.2, 0) is 21.6 Å². The lowest BCUT2D eigenvalue weighted by Crippen LogP contribution is -2.42. The van der Waals surface area contributed by atoms with Gasteiger partial charge in [0.25, 0.3) is 11.8 Å². The van der Waals surface area contributed by atoms with E-state index >= 15 is 0 Å². The molecule has 0 bridgehead atoms. The number of amides is 2. The van der Waals surface area contributed by atoms with Crippen molar-refractivity contribution in [2.45, 2.75) is 72.2 Å². The minimum Gasteiger partial charge on any atom is -0.383 e. The average molecular weight is 368 g/mol. The van der Waals surface area contributed by atoms with Gasteiger partial charge in [-0.3, -0.25) is 9.59 Å². The van der Waals surface area contributed by atoms with Crippen LogP contribution in [0.15, 0.2) is 0 Å². The van der Waals surface area contributed by atoms with E-state index in [-0.39, 0.29) is 0 Å². The molecule has 2 amide bonds. The quantitative estimate of drug-likeness (QED) is 0.763. The first-order valence-corrected chi connectivity index (χ1v) is 9.12. The Labute approximate surface area is 152 Å². The Hall–Kier alpha value is -1.44. The highest BCUT2D eigenvalue weighted by atomic mass is 32.1. The molecular formula is C18H28N2O4S. The monoisotopic (exact) mass is 368 g/mol. The van der Waals surface area contributed by atoms with E-state index in [9.17, 15) is 14.7 Å². The lowest BCUT2D eigenvalue weighted by Gasteiger charge is -2.41. The molecule has 2 rings (SSSR count). The number of fused-ring (bicyclic) bond motifs is 1. The van der Waals surface area contributed by atoms with Gasteiger partial charge in [0.1, 0.15) is 11.1 Å². The highest BCUT2D eigenvalue weighted by molar-refractivity contribution is 7.17. The number of thiophene rings is 1. The van der Waals surface area contributed by atoms with Gasteiger partial charge < -0.3 is 20.9 Å². The van der Waals surface area contributed by atoms with E-state index in [0.717, 1.165) is 10.4 Å². The molecule has 0 aliphatic carbocycles. The largest absolute Gasteiger partial charge is 0.383 e. The minimum atomic E-state index is -1.20. The predicted octanol–water partition coefficient (Wildman–Crippen LogP) is 2.78. The van der Waals surface area contributed by atoms with Crippen molar-refractivity contribution in [1.82, 2.24) is 0 Å². The Morgan fingerprint density at radius 1 is 1.28 bits per heavy atom. The van der Waals surface area contributed by atoms with Gasteiger partial charge >= 0.3 is 0 Å². The third-order valence-corrected chi connectivity index (χ3v) is 5.69. The van der Waals surface area contributed by atoms with Crippen LogP contribution in [0.3, 0.4) is 0 Å². The molecule has 2 heterocycles. The number of nitrogens with one attached hydrogen (secondary N) is 1. The number of nitrogens with two attached hydrogens (primary N) is 1. The van der Waals surface area contributed by atoms with E-state index < -0.39 is 34.5 Å². The Morgan fingerprint density at radius 2 is 1.84 bits per heavy atom. The van der Waals surface area contributed by atoms with E-state index in [4.69, 9.17) is 10.5 Å². The van der Waals surface area contributed by atoms with Crippen LogP contribution in [0.25, 0.3) is 0 Å². The fraction of sp³-hybridized carbons (Fsp3) is 0.667. The van der Waals surface area contributed by atoms with Gasteiger partial charge in [-0.15, -0.1) is 11.3 Å². The number of ether oxygens (including phenoxy) is 1. The fourth-order valence-electron chi connectivity index (χ4n) is 3.24. The first-order chi connectivity index (χ1) is 11.2. The molecule has 0 fully saturated rings. The second-order valence-corrected chi connectivity index (χ2v) is 9.81. The summed E-state index contributed by atoms with van der Waals surface area (Å²) < 4.78 is 6.14. The van der Waals surface area contributed by atoms with Gasteiger partial charge in [0, 0.05) is 11.3 Å². The van der Waals surface area contributed by atoms with Crippen molar-refractivity contribution >= 4 is 28.2 Å². The number of hydrogen-bond donors (Lipinski definition) is 3. The molecule has 1 aliphatic heterocycles. The maximum atomic E-state index is 12.4. The second-order valence-electron chi connectivity index (χ2n) is 8.78. The number of aliphatic hydroxyl groups excluding tert-OH is 1. The van der Waals surface area contributed by atoms with Crippen LogP contribution in [0.4, 0.5) is 5.00 Å². The number of anilines is 1. The lowest BCUT2D eigenvalue weighted by atomic mass is 9.86. The molecule has 4 N–H and O–H groups in total. The van der Waals surface area contributed by atoms with Gasteiger partial charge in [-0.1, -0.05) is 20.8 Å². The number of aliphatic hydroxyl groups is 1. The number of primary amides is 1. The molecule has 0 saturated heterocycles. The van der Waals surface area contributed by atoms with E-state index in [1.54, 1.807) is 20.8 Å². The van der Waals surface area contributed by atoms with Crippen LogP contribution >= 0.6 is 11.3 Å². The zero-order valence-electron chi connectivity index (χ0n) is 15.9. The maximum Gasteiger partial charge on any atom is 0.254 e. The number of carbonyl (C=O) groups is 2. The standard InChI is InChI=1S/C18H28N2O4S/c1-16(2,3)11(21)14(23)20-15-10(13(19)22)9-8-17(4,5)24-18(6,7)12(9)25-15/h11,21H,8H2,1-7H3,(H2,19,22)(H,20,23). The molecule has 0 radical (unpaired) electrons. The molecule has 0 saturated carbocycles. The summed E-state index contributed by atoms with van der Waals surface area (Å²) in [5, 5.41) is 13.3. The summed E-state index contributed by atoms with van der Waals surface area (Å²) in [6.45, 7) is 13.1. The zero-order valence-corrected chi connectivity index (χ0v) is 16.8. The van der Waals surface area contributed by atoms with Crippen LogP contribution < -0.4 is 11.1 Å². The van der Waals surface area contributed by atoms with Crippen molar-refractivity contribution in [3.8, 4) is 0 Å². The highest BCUT2D eigenvalue weighted by Crippen LogP contribution is 2.48. The third kappa shape index (κ3) is 3.88. The minimum absolute atomic E-state index is 0.318. The molecule has 0 aromatic carbocycles. The fourth-order valence-corrected chi connectivity index (χ4v) is 4.51. The first-order valence-electron chi connectivity index (χ1n) is 8.31. The van der Waals surface area contributed by atoms with Crippen LogP contribution in [0.1, 0.15) is 69.3 Å². The summed E-state index contributed by atoms with van der Waals surface area (Å²) in [6.07, 6.45) is -0.675. The Morgan fingerprint density at radius 3 is 2.32 bits per heavy atom. The summed E-state index contributed by atoms with van der Waals surface area (Å²) in [5.74, 6) is -1.14. The summed E-state index contributed by atoms with van der Waals surface area (Å²) in [6, 6.07) is 0. The van der Waals surface area contributed by atoms with Gasteiger partial charge in [-0.2, -0.15) is 0 Å². The van der Waals surface area contributed by atoms with Crippen molar-refractivity contribution in [3.63, 3.8) is 0 Å². The highest BCUT2D eigenvalue weighted by Gasteiger charge is 2.43. The van der Waals surface area contributed by atoms with Crippen molar-refractivity contribution in [1.29, 1.82) is 0 Å². The van der Waals surface area contributed by atoms with E-state index in [1.807, 2.05) is 27.7 Å². The zero-order chi connectivity index (χ0) is 19.4. The van der Waals surface area contributed by atoms with Crippen molar-refractivity contribution in [2.75, 3.05) is 5.32 Å². The van der Waals surface area contributed by atoms with Crippen molar-refractivity contribution in [3.05, 3.63) is 16.0 Å². The van der Waals surface area contributed by atoms with E-state index in [0.29, 0.717) is 17.0 Å². The third-order valence-electron chi connectivity index (χ3n) is 4.24. The molecule has 0 spiro atoms. The maximum absolute atomic E-state index is 12.4. The van der Waals surface area contributed by atoms with Gasteiger partial charge in [0.15, 0.2) is 0 Å². The topological polar surface area (TPSA) is 102 Å². The molecule has 1 unspecified atom stereocenters. The number of hydrogen-bond acceptors (Lipinski definition) is 5. The molecule has 1 aromatic heterocycles. The number of carbonyl (C=O) groups excluding carboxylic acids is 2. The number of rotatable bonds is 3. The molecule has 25 heavy (non-hydrogen) atoms. The molecular weight excluding hydrogens is 340 g/mol. The smallest absolute Gasteiger partial charge is 0.254 e. The van der Waals surface area contributed by atoms with Crippen LogP contribution in [-0.4, -0.2) is 28.6 Å². The molecule has 140 valence electrons. The lowest BCUT2D eigenvalue weighted by molar-refractivity contribution is -0.135. The summed E-state index contributed by atoms with van der Waals surface area (Å²) in [7, 11) is 0. The van der Waals surface area contributed by atoms with Gasteiger partial charge in [0.05, 0.1) is 16.8 Å². The van der Waals surface area contributed by atoms with E-state index in [1.165, 1.54) is 11.3 Å². The molecule has 1 aromatic rings. The van der Waals surface area contributed by atoms with Crippen molar-refractivity contribution in [2.24, 2.45) is 11.1 Å². The molecule has 7 heteroatoms. The Kier molecular flexibility index (Phi) is 4.83. The van der Waals surface area contributed by atoms with Crippen LogP contribution in [0.5, 0.6) is 0 Å². The molecule has 1 aliphatic rings. The van der Waals surface area contributed by atoms with Gasteiger partial charge in [-0.05, 0) is 38.7 Å². The van der Waals surface area contributed by atoms with Gasteiger partial charge in [-0.25, -0.2) is 0 Å². The SMILES string of the molecule is CC1(C)Cc2c(sc(NC(=O)C(O)C(C)(C)C)c2C(N)=O)C(C)(C)O1. The van der Waals surface area contributed by atoms with Gasteiger partial charge in [0.2, 0.25) is 0 Å². The first kappa shape index (κ1) is 19.9. The predicted molar refractivity (Wildman–Crippen MR) is 98.8 cm³/mol. The van der Waals surface area contributed by atoms with Crippen LogP contribution in [0.2, 0.25) is 0 Å². The van der Waals surface area contributed by atoms with Crippen LogP contribution in [0, 0.1) is 5.41 Å². The normalized spacial score (nSPS) is 19.8. The summed E-state index contributed by atoms with van der Waals surface area (Å²) in [4.78, 5) is 25.4. The Balaban J connectivity index is 2.50. The molecule has 1 atom stereocenters. The second kappa shape index (κ2) is 6.07. The molecule has 6 nitrogen and oxygen atoms in total. The summed E-state index contributed by atoms with van der Waals surface area (Å²) in [5.41, 5.74) is 5.09. The average Bonchev–Trinajstić information content (AvgIpc) is 2.73.